The van der Waals surface area contributed by atoms with Crippen LogP contribution < -0.4 is 5.32 Å². The number of benzene rings is 1. The van der Waals surface area contributed by atoms with Gasteiger partial charge in [0.2, 0.25) is 5.91 Å². The lowest BCUT2D eigenvalue weighted by Gasteiger charge is -2.20. The summed E-state index contributed by atoms with van der Waals surface area (Å²) in [6.07, 6.45) is 7.64. The van der Waals surface area contributed by atoms with Gasteiger partial charge in [-0.25, -0.2) is 0 Å². The fraction of sp³-hybridized carbons (Fsp3) is 0.588. The number of hydrogen-bond donors (Lipinski definition) is 1. The number of hydrogen-bond acceptors (Lipinski definition) is 1. The Labute approximate surface area is 130 Å². The van der Waals surface area contributed by atoms with Crippen LogP contribution in [0.3, 0.4) is 0 Å². The largest absolute Gasteiger partial charge is 0.350 e. The number of carbonyl (C=O) groups is 1. The second kappa shape index (κ2) is 7.82. The molecule has 1 aromatic rings. The van der Waals surface area contributed by atoms with E-state index in [4.69, 9.17) is 0 Å². The number of halogens is 1. The van der Waals surface area contributed by atoms with Crippen LogP contribution in [0.5, 0.6) is 0 Å². The SMILES string of the molecule is CC(NC(=O)CCCCBr)c1ccc2c(c1)CCCC2. The minimum absolute atomic E-state index is 0.110. The maximum absolute atomic E-state index is 11.9. The molecule has 110 valence electrons. The fourth-order valence-electron chi connectivity index (χ4n) is 2.80. The first-order chi connectivity index (χ1) is 9.70. The molecule has 1 atom stereocenters. The molecule has 1 aliphatic rings. The molecular formula is C17H24BrNO. The normalized spacial score (nSPS) is 15.5. The number of rotatable bonds is 6. The van der Waals surface area contributed by atoms with Crippen LogP contribution in [0.2, 0.25) is 0 Å². The number of fused-ring (bicyclic) bond motifs is 1. The topological polar surface area (TPSA) is 29.1 Å². The standard InChI is InChI=1S/C17H24BrNO/c1-13(19-17(20)8-4-5-11-18)15-10-9-14-6-2-3-7-16(14)12-15/h9-10,12-13H,2-8,11H2,1H3,(H,19,20). The van der Waals surface area contributed by atoms with Crippen LogP contribution in [0.4, 0.5) is 0 Å². The monoisotopic (exact) mass is 337 g/mol. The highest BCUT2D eigenvalue weighted by atomic mass is 79.9. The van der Waals surface area contributed by atoms with Crippen molar-refractivity contribution >= 4 is 21.8 Å². The summed E-state index contributed by atoms with van der Waals surface area (Å²) >= 11 is 3.39. The molecule has 0 radical (unpaired) electrons. The van der Waals surface area contributed by atoms with Gasteiger partial charge in [0.1, 0.15) is 0 Å². The number of aryl methyl sites for hydroxylation is 2. The van der Waals surface area contributed by atoms with Crippen LogP contribution in [-0.4, -0.2) is 11.2 Å². The first kappa shape index (κ1) is 15.6. The van der Waals surface area contributed by atoms with E-state index in [0.29, 0.717) is 6.42 Å². The first-order valence-electron chi connectivity index (χ1n) is 7.67. The average molecular weight is 338 g/mol. The van der Waals surface area contributed by atoms with Gasteiger partial charge in [-0.2, -0.15) is 0 Å². The number of amides is 1. The summed E-state index contributed by atoms with van der Waals surface area (Å²) in [6.45, 7) is 2.08. The first-order valence-corrected chi connectivity index (χ1v) is 8.80. The molecule has 0 fully saturated rings. The van der Waals surface area contributed by atoms with E-state index in [-0.39, 0.29) is 11.9 Å². The van der Waals surface area contributed by atoms with Crippen molar-refractivity contribution in [3.05, 3.63) is 34.9 Å². The van der Waals surface area contributed by atoms with Gasteiger partial charge >= 0.3 is 0 Å². The molecule has 1 aliphatic carbocycles. The van der Waals surface area contributed by atoms with Crippen molar-refractivity contribution in [3.8, 4) is 0 Å². The van der Waals surface area contributed by atoms with Crippen molar-refractivity contribution in [2.45, 2.75) is 57.9 Å². The molecule has 2 rings (SSSR count). The molecule has 1 aromatic carbocycles. The predicted octanol–water partition coefficient (Wildman–Crippen LogP) is 4.31. The lowest BCUT2D eigenvalue weighted by molar-refractivity contribution is -0.121. The highest BCUT2D eigenvalue weighted by Crippen LogP contribution is 2.24. The van der Waals surface area contributed by atoms with Crippen molar-refractivity contribution in [1.82, 2.24) is 5.32 Å². The molecule has 0 saturated heterocycles. The van der Waals surface area contributed by atoms with Crippen LogP contribution in [-0.2, 0) is 17.6 Å². The average Bonchev–Trinajstić information content (AvgIpc) is 2.47. The maximum Gasteiger partial charge on any atom is 0.220 e. The van der Waals surface area contributed by atoms with Gasteiger partial charge in [0, 0.05) is 11.8 Å². The third kappa shape index (κ3) is 4.34. The highest BCUT2D eigenvalue weighted by Gasteiger charge is 2.13. The molecule has 3 heteroatoms. The van der Waals surface area contributed by atoms with Crippen LogP contribution >= 0.6 is 15.9 Å². The zero-order valence-electron chi connectivity index (χ0n) is 12.3. The summed E-state index contributed by atoms with van der Waals surface area (Å²) in [6, 6.07) is 6.82. The van der Waals surface area contributed by atoms with E-state index in [1.54, 1.807) is 0 Å². The lowest BCUT2D eigenvalue weighted by Crippen LogP contribution is -2.26. The molecule has 0 aromatic heterocycles. The van der Waals surface area contributed by atoms with Crippen LogP contribution in [0.25, 0.3) is 0 Å². The lowest BCUT2D eigenvalue weighted by atomic mass is 9.89. The zero-order valence-corrected chi connectivity index (χ0v) is 13.8. The molecule has 20 heavy (non-hydrogen) atoms. The van der Waals surface area contributed by atoms with Gasteiger partial charge < -0.3 is 5.32 Å². The Bertz CT molecular complexity index is 458. The Morgan fingerprint density at radius 1 is 1.25 bits per heavy atom. The fourth-order valence-corrected chi connectivity index (χ4v) is 3.20. The smallest absolute Gasteiger partial charge is 0.220 e. The molecule has 0 bridgehead atoms. The Kier molecular flexibility index (Phi) is 6.08. The summed E-state index contributed by atoms with van der Waals surface area (Å²) in [4.78, 5) is 11.9. The van der Waals surface area contributed by atoms with Crippen molar-refractivity contribution in [3.63, 3.8) is 0 Å². The van der Waals surface area contributed by atoms with Gasteiger partial charge in [-0.3, -0.25) is 4.79 Å². The van der Waals surface area contributed by atoms with Gasteiger partial charge in [-0.05, 0) is 62.1 Å². The molecule has 1 N–H and O–H groups in total. The van der Waals surface area contributed by atoms with Gasteiger partial charge in [-0.1, -0.05) is 34.1 Å². The minimum atomic E-state index is 0.110. The summed E-state index contributed by atoms with van der Waals surface area (Å²) in [5.41, 5.74) is 4.21. The van der Waals surface area contributed by atoms with Crippen LogP contribution in [0, 0.1) is 0 Å². The summed E-state index contributed by atoms with van der Waals surface area (Å²) < 4.78 is 0. The van der Waals surface area contributed by atoms with Gasteiger partial charge in [0.05, 0.1) is 6.04 Å². The second-order valence-electron chi connectivity index (χ2n) is 5.67. The third-order valence-corrected chi connectivity index (χ3v) is 4.60. The van der Waals surface area contributed by atoms with Gasteiger partial charge in [0.25, 0.3) is 0 Å². The molecule has 2 nitrogen and oxygen atoms in total. The van der Waals surface area contributed by atoms with Crippen LogP contribution in [0.1, 0.15) is 61.8 Å². The van der Waals surface area contributed by atoms with E-state index in [1.165, 1.54) is 42.4 Å². The van der Waals surface area contributed by atoms with Gasteiger partial charge in [-0.15, -0.1) is 0 Å². The Balaban J connectivity index is 1.91. The minimum Gasteiger partial charge on any atom is -0.350 e. The van der Waals surface area contributed by atoms with Crippen molar-refractivity contribution in [2.24, 2.45) is 0 Å². The molecule has 0 spiro atoms. The van der Waals surface area contributed by atoms with E-state index in [1.807, 2.05) is 0 Å². The quantitative estimate of drug-likeness (QED) is 0.608. The number of alkyl halides is 1. The Morgan fingerprint density at radius 3 is 2.75 bits per heavy atom. The van der Waals surface area contributed by atoms with E-state index in [2.05, 4.69) is 46.4 Å². The molecule has 1 unspecified atom stereocenters. The molecule has 0 aliphatic heterocycles. The second-order valence-corrected chi connectivity index (χ2v) is 6.46. The van der Waals surface area contributed by atoms with Crippen molar-refractivity contribution in [2.75, 3.05) is 5.33 Å². The van der Waals surface area contributed by atoms with Crippen molar-refractivity contribution in [1.29, 1.82) is 0 Å². The highest BCUT2D eigenvalue weighted by molar-refractivity contribution is 9.09. The van der Waals surface area contributed by atoms with E-state index < -0.39 is 0 Å². The van der Waals surface area contributed by atoms with E-state index in [0.717, 1.165) is 18.2 Å². The van der Waals surface area contributed by atoms with Gasteiger partial charge in [0.15, 0.2) is 0 Å². The number of unbranched alkanes of at least 4 members (excludes halogenated alkanes) is 1. The summed E-state index contributed by atoms with van der Waals surface area (Å²) in [5.74, 6) is 0.163. The van der Waals surface area contributed by atoms with E-state index >= 15 is 0 Å². The summed E-state index contributed by atoms with van der Waals surface area (Å²) in [7, 11) is 0. The Morgan fingerprint density at radius 2 is 2.00 bits per heavy atom. The van der Waals surface area contributed by atoms with Crippen molar-refractivity contribution < 1.29 is 4.79 Å². The predicted molar refractivity (Wildman–Crippen MR) is 87.3 cm³/mol. The third-order valence-electron chi connectivity index (χ3n) is 4.04. The zero-order chi connectivity index (χ0) is 14.4. The molecule has 1 amide bonds. The number of nitrogens with one attached hydrogen (secondary N) is 1. The molecular weight excluding hydrogens is 314 g/mol. The number of carbonyl (C=O) groups excluding carboxylic acids is 1. The summed E-state index contributed by atoms with van der Waals surface area (Å²) in [5, 5.41) is 4.08. The molecule has 0 saturated carbocycles. The van der Waals surface area contributed by atoms with E-state index in [9.17, 15) is 4.79 Å². The molecule has 0 heterocycles. The Hall–Kier alpha value is -0.830. The maximum atomic E-state index is 11.9. The van der Waals surface area contributed by atoms with Crippen LogP contribution in [0.15, 0.2) is 18.2 Å².